The zero-order chi connectivity index (χ0) is 12.3. The molecule has 1 N–H and O–H groups in total. The molecule has 0 radical (unpaired) electrons. The van der Waals surface area contributed by atoms with Crippen LogP contribution in [0.5, 0.6) is 0 Å². The first-order valence-corrected chi connectivity index (χ1v) is 6.29. The predicted octanol–water partition coefficient (Wildman–Crippen LogP) is 2.09. The van der Waals surface area contributed by atoms with Gasteiger partial charge in [-0.1, -0.05) is 0 Å². The normalized spacial score (nSPS) is 11.0. The molecule has 2 rings (SSSR count). The van der Waals surface area contributed by atoms with E-state index in [0.29, 0.717) is 12.2 Å². The van der Waals surface area contributed by atoms with Crippen molar-refractivity contribution in [1.82, 2.24) is 14.9 Å². The Labute approximate surface area is 104 Å². The molecule has 0 aliphatic carbocycles. The topological polar surface area (TPSA) is 49.0 Å². The summed E-state index contributed by atoms with van der Waals surface area (Å²) in [7, 11) is 1.94. The molecule has 2 aromatic rings. The number of hydrogen-bond acceptors (Lipinski definition) is 4. The van der Waals surface area contributed by atoms with Crippen molar-refractivity contribution in [2.75, 3.05) is 13.6 Å². The SMILES string of the molecule is Cc1ncsc1CN(C)CC(=O)c1ccc[nH]1. The number of carbonyl (C=O) groups is 1. The standard InChI is InChI=1S/C12H15N3OS/c1-9-12(17-8-14-9)7-15(2)6-11(16)10-4-3-5-13-10/h3-5,8,13H,6-7H2,1-2H3. The van der Waals surface area contributed by atoms with Gasteiger partial charge in [0.05, 0.1) is 23.4 Å². The van der Waals surface area contributed by atoms with Gasteiger partial charge < -0.3 is 4.98 Å². The van der Waals surface area contributed by atoms with Crippen molar-refractivity contribution in [2.24, 2.45) is 0 Å². The van der Waals surface area contributed by atoms with E-state index in [1.165, 1.54) is 4.88 Å². The second-order valence-corrected chi connectivity index (χ2v) is 4.98. The molecule has 90 valence electrons. The quantitative estimate of drug-likeness (QED) is 0.825. The zero-order valence-electron chi connectivity index (χ0n) is 9.93. The molecule has 0 atom stereocenters. The second-order valence-electron chi connectivity index (χ2n) is 4.04. The summed E-state index contributed by atoms with van der Waals surface area (Å²) in [5.41, 5.74) is 3.55. The minimum atomic E-state index is 0.111. The number of nitrogens with zero attached hydrogens (tertiary/aromatic N) is 2. The molecule has 0 saturated heterocycles. The van der Waals surface area contributed by atoms with Crippen LogP contribution in [0.25, 0.3) is 0 Å². The lowest BCUT2D eigenvalue weighted by molar-refractivity contribution is 0.0939. The molecule has 5 heteroatoms. The zero-order valence-corrected chi connectivity index (χ0v) is 10.8. The summed E-state index contributed by atoms with van der Waals surface area (Å²) in [4.78, 5) is 22.2. The number of aromatic nitrogens is 2. The Balaban J connectivity index is 1.92. The molecule has 4 nitrogen and oxygen atoms in total. The fourth-order valence-electron chi connectivity index (χ4n) is 1.61. The third-order valence-corrected chi connectivity index (χ3v) is 3.49. The molecule has 2 heterocycles. The summed E-state index contributed by atoms with van der Waals surface area (Å²) < 4.78 is 0. The Kier molecular flexibility index (Phi) is 3.71. The van der Waals surface area contributed by atoms with Crippen molar-refractivity contribution >= 4 is 17.1 Å². The van der Waals surface area contributed by atoms with Crippen LogP contribution in [0.3, 0.4) is 0 Å². The van der Waals surface area contributed by atoms with Crippen LogP contribution in [0.4, 0.5) is 0 Å². The molecule has 0 aliphatic rings. The number of carbonyl (C=O) groups excluding carboxylic acids is 1. The largest absolute Gasteiger partial charge is 0.359 e. The number of ketones is 1. The molecule has 2 aromatic heterocycles. The molecule has 0 fully saturated rings. The Morgan fingerprint density at radius 2 is 2.41 bits per heavy atom. The lowest BCUT2D eigenvalue weighted by Crippen LogP contribution is -2.25. The lowest BCUT2D eigenvalue weighted by atomic mass is 10.2. The van der Waals surface area contributed by atoms with E-state index in [-0.39, 0.29) is 5.78 Å². The van der Waals surface area contributed by atoms with Gasteiger partial charge in [-0.3, -0.25) is 9.69 Å². The van der Waals surface area contributed by atoms with Gasteiger partial charge in [-0.2, -0.15) is 0 Å². The van der Waals surface area contributed by atoms with E-state index in [9.17, 15) is 4.79 Å². The molecule has 17 heavy (non-hydrogen) atoms. The maximum absolute atomic E-state index is 11.8. The van der Waals surface area contributed by atoms with Gasteiger partial charge in [0.25, 0.3) is 0 Å². The van der Waals surface area contributed by atoms with Gasteiger partial charge >= 0.3 is 0 Å². The average Bonchev–Trinajstić information content (AvgIpc) is 2.90. The summed E-state index contributed by atoms with van der Waals surface area (Å²) >= 11 is 1.63. The molecule has 0 aromatic carbocycles. The van der Waals surface area contributed by atoms with Crippen LogP contribution in [-0.2, 0) is 6.54 Å². The molecule has 0 saturated carbocycles. The van der Waals surface area contributed by atoms with Crippen molar-refractivity contribution in [3.63, 3.8) is 0 Å². The Bertz CT molecular complexity index is 490. The van der Waals surface area contributed by atoms with Gasteiger partial charge in [0, 0.05) is 17.6 Å². The van der Waals surface area contributed by atoms with Gasteiger partial charge in [-0.05, 0) is 26.1 Å². The lowest BCUT2D eigenvalue weighted by Gasteiger charge is -2.14. The average molecular weight is 249 g/mol. The maximum Gasteiger partial charge on any atom is 0.192 e. The van der Waals surface area contributed by atoms with Gasteiger partial charge in [0.1, 0.15) is 0 Å². The van der Waals surface area contributed by atoms with E-state index < -0.39 is 0 Å². The fourth-order valence-corrected chi connectivity index (χ4v) is 2.47. The number of nitrogens with one attached hydrogen (secondary N) is 1. The van der Waals surface area contributed by atoms with Crippen molar-refractivity contribution < 1.29 is 4.79 Å². The van der Waals surface area contributed by atoms with Gasteiger partial charge in [0.15, 0.2) is 5.78 Å². The smallest absolute Gasteiger partial charge is 0.192 e. The minimum Gasteiger partial charge on any atom is -0.359 e. The molecule has 0 unspecified atom stereocenters. The number of likely N-dealkylation sites (N-methyl/N-ethyl adjacent to an activating group) is 1. The summed E-state index contributed by atoms with van der Waals surface area (Å²) in [6, 6.07) is 3.63. The first-order chi connectivity index (χ1) is 8.16. The highest BCUT2D eigenvalue weighted by atomic mass is 32.1. The molecular formula is C12H15N3OS. The van der Waals surface area contributed by atoms with Crippen molar-refractivity contribution in [2.45, 2.75) is 13.5 Å². The minimum absolute atomic E-state index is 0.111. The Morgan fingerprint density at radius 1 is 1.59 bits per heavy atom. The van der Waals surface area contributed by atoms with E-state index >= 15 is 0 Å². The summed E-state index contributed by atoms with van der Waals surface area (Å²) in [6.45, 7) is 3.17. The van der Waals surface area contributed by atoms with Crippen LogP contribution in [0.1, 0.15) is 21.1 Å². The highest BCUT2D eigenvalue weighted by Gasteiger charge is 2.11. The van der Waals surface area contributed by atoms with Crippen LogP contribution >= 0.6 is 11.3 Å². The third-order valence-electron chi connectivity index (χ3n) is 2.57. The molecule has 0 spiro atoms. The maximum atomic E-state index is 11.8. The number of H-pyrrole nitrogens is 1. The van der Waals surface area contributed by atoms with Crippen LogP contribution < -0.4 is 0 Å². The molecule has 0 aliphatic heterocycles. The number of thiazole rings is 1. The van der Waals surface area contributed by atoms with E-state index in [4.69, 9.17) is 0 Å². The van der Waals surface area contributed by atoms with Gasteiger partial charge in [-0.15, -0.1) is 11.3 Å². The van der Waals surface area contributed by atoms with Gasteiger partial charge in [-0.25, -0.2) is 4.98 Å². The fraction of sp³-hybridized carbons (Fsp3) is 0.333. The highest BCUT2D eigenvalue weighted by Crippen LogP contribution is 2.14. The summed E-state index contributed by atoms with van der Waals surface area (Å²) in [5, 5.41) is 0. The monoisotopic (exact) mass is 249 g/mol. The van der Waals surface area contributed by atoms with Gasteiger partial charge in [0.2, 0.25) is 0 Å². The van der Waals surface area contributed by atoms with Crippen molar-refractivity contribution in [1.29, 1.82) is 0 Å². The van der Waals surface area contributed by atoms with E-state index in [1.807, 2.05) is 30.4 Å². The number of hydrogen-bond donors (Lipinski definition) is 1. The number of Topliss-reactive ketones (excluding diaryl/α,β-unsaturated/α-hetero) is 1. The van der Waals surface area contributed by atoms with E-state index in [0.717, 1.165) is 12.2 Å². The molecule has 0 bridgehead atoms. The highest BCUT2D eigenvalue weighted by molar-refractivity contribution is 7.09. The van der Waals surface area contributed by atoms with Crippen LogP contribution in [0.2, 0.25) is 0 Å². The Morgan fingerprint density at radius 3 is 3.00 bits per heavy atom. The number of aryl methyl sites for hydroxylation is 1. The van der Waals surface area contributed by atoms with Crippen LogP contribution in [0, 0.1) is 6.92 Å². The second kappa shape index (κ2) is 5.25. The van der Waals surface area contributed by atoms with E-state index in [2.05, 4.69) is 9.97 Å². The number of aromatic amines is 1. The predicted molar refractivity (Wildman–Crippen MR) is 68.3 cm³/mol. The first-order valence-electron chi connectivity index (χ1n) is 5.41. The third kappa shape index (κ3) is 3.01. The summed E-state index contributed by atoms with van der Waals surface area (Å²) in [6.07, 6.45) is 1.76. The molecular weight excluding hydrogens is 234 g/mol. The van der Waals surface area contributed by atoms with Crippen molar-refractivity contribution in [3.05, 3.63) is 40.1 Å². The van der Waals surface area contributed by atoms with Crippen LogP contribution in [-0.4, -0.2) is 34.2 Å². The molecule has 0 amide bonds. The first kappa shape index (κ1) is 12.0. The van der Waals surface area contributed by atoms with Crippen molar-refractivity contribution in [3.8, 4) is 0 Å². The van der Waals surface area contributed by atoms with E-state index in [1.54, 1.807) is 23.6 Å². The van der Waals surface area contributed by atoms with Crippen LogP contribution in [0.15, 0.2) is 23.8 Å². The number of rotatable bonds is 5. The Hall–Kier alpha value is -1.46. The summed E-state index contributed by atoms with van der Waals surface area (Å²) in [5.74, 6) is 0.111.